The number of fused-ring (bicyclic) bond motifs is 1. The molecule has 1 aromatic carbocycles. The number of benzene rings is 1. The summed E-state index contributed by atoms with van der Waals surface area (Å²) in [6, 6.07) is 10.0. The summed E-state index contributed by atoms with van der Waals surface area (Å²) in [6.07, 6.45) is 5.28. The fourth-order valence-corrected chi connectivity index (χ4v) is 3.07. The SMILES string of the molecule is OC1CCN(Cc2cn(-c3cccc4cccnc34)nn2)CC1. The monoisotopic (exact) mass is 309 g/mol. The normalized spacial score (nSPS) is 16.9. The van der Waals surface area contributed by atoms with Gasteiger partial charge in [-0.1, -0.05) is 23.4 Å². The first kappa shape index (κ1) is 14.3. The molecule has 1 N–H and O–H groups in total. The molecule has 1 fully saturated rings. The maximum atomic E-state index is 9.58. The van der Waals surface area contributed by atoms with E-state index in [0.717, 1.165) is 54.8 Å². The molecule has 2 aromatic heterocycles. The number of aliphatic hydroxyl groups excluding tert-OH is 1. The smallest absolute Gasteiger partial charge is 0.0971 e. The van der Waals surface area contributed by atoms with Crippen LogP contribution in [0.1, 0.15) is 18.5 Å². The van der Waals surface area contributed by atoms with Crippen molar-refractivity contribution in [3.8, 4) is 5.69 Å². The summed E-state index contributed by atoms with van der Waals surface area (Å²) in [5.74, 6) is 0. The van der Waals surface area contributed by atoms with Gasteiger partial charge in [0.05, 0.1) is 29.2 Å². The number of pyridine rings is 1. The summed E-state index contributed by atoms with van der Waals surface area (Å²) >= 11 is 0. The van der Waals surface area contributed by atoms with E-state index in [1.807, 2.05) is 36.5 Å². The quantitative estimate of drug-likeness (QED) is 0.799. The number of likely N-dealkylation sites (tertiary alicyclic amines) is 1. The maximum absolute atomic E-state index is 9.58. The molecule has 0 atom stereocenters. The molecular weight excluding hydrogens is 290 g/mol. The third kappa shape index (κ3) is 2.95. The van der Waals surface area contributed by atoms with Crippen molar-refractivity contribution in [1.82, 2.24) is 24.9 Å². The second-order valence-corrected chi connectivity index (χ2v) is 6.01. The Balaban J connectivity index is 1.57. The largest absolute Gasteiger partial charge is 0.393 e. The van der Waals surface area contributed by atoms with Gasteiger partial charge in [-0.3, -0.25) is 9.88 Å². The second kappa shape index (κ2) is 6.06. The Morgan fingerprint density at radius 3 is 2.83 bits per heavy atom. The summed E-state index contributed by atoms with van der Waals surface area (Å²) in [6.45, 7) is 2.58. The molecule has 1 saturated heterocycles. The Bertz CT molecular complexity index is 802. The summed E-state index contributed by atoms with van der Waals surface area (Å²) in [5, 5.41) is 19.2. The third-order valence-corrected chi connectivity index (χ3v) is 4.34. The molecule has 1 aliphatic rings. The van der Waals surface area contributed by atoms with Gasteiger partial charge in [-0.15, -0.1) is 5.10 Å². The summed E-state index contributed by atoms with van der Waals surface area (Å²) in [7, 11) is 0. The fourth-order valence-electron chi connectivity index (χ4n) is 3.07. The van der Waals surface area contributed by atoms with Crippen LogP contribution in [0.3, 0.4) is 0 Å². The number of rotatable bonds is 3. The van der Waals surface area contributed by atoms with E-state index in [4.69, 9.17) is 0 Å². The van der Waals surface area contributed by atoms with Crippen LogP contribution in [0.4, 0.5) is 0 Å². The molecule has 6 heteroatoms. The molecule has 0 saturated carbocycles. The minimum absolute atomic E-state index is 0.149. The van der Waals surface area contributed by atoms with E-state index in [1.165, 1.54) is 0 Å². The zero-order chi connectivity index (χ0) is 15.6. The molecule has 4 rings (SSSR count). The average molecular weight is 309 g/mol. The van der Waals surface area contributed by atoms with Crippen molar-refractivity contribution in [2.24, 2.45) is 0 Å². The van der Waals surface area contributed by atoms with Crippen molar-refractivity contribution in [1.29, 1.82) is 0 Å². The lowest BCUT2D eigenvalue weighted by molar-refractivity contribution is 0.0786. The molecule has 0 radical (unpaired) electrons. The molecule has 23 heavy (non-hydrogen) atoms. The van der Waals surface area contributed by atoms with Crippen LogP contribution in [0.5, 0.6) is 0 Å². The Kier molecular flexibility index (Phi) is 3.77. The fraction of sp³-hybridized carbons (Fsp3) is 0.353. The first-order chi connectivity index (χ1) is 11.3. The predicted molar refractivity (Wildman–Crippen MR) is 87.2 cm³/mol. The van der Waals surface area contributed by atoms with E-state index in [9.17, 15) is 5.11 Å². The second-order valence-electron chi connectivity index (χ2n) is 6.01. The van der Waals surface area contributed by atoms with Gasteiger partial charge in [0, 0.05) is 31.2 Å². The maximum Gasteiger partial charge on any atom is 0.0971 e. The van der Waals surface area contributed by atoms with E-state index < -0.39 is 0 Å². The van der Waals surface area contributed by atoms with E-state index in [0.29, 0.717) is 0 Å². The Morgan fingerprint density at radius 1 is 1.13 bits per heavy atom. The highest BCUT2D eigenvalue weighted by Crippen LogP contribution is 2.19. The predicted octanol–water partition coefficient (Wildman–Crippen LogP) is 1.77. The average Bonchev–Trinajstić information content (AvgIpc) is 3.05. The molecule has 0 amide bonds. The van der Waals surface area contributed by atoms with Crippen LogP contribution in [0.25, 0.3) is 16.6 Å². The first-order valence-corrected chi connectivity index (χ1v) is 7.95. The van der Waals surface area contributed by atoms with Crippen LogP contribution in [0.2, 0.25) is 0 Å². The van der Waals surface area contributed by atoms with Crippen molar-refractivity contribution in [2.75, 3.05) is 13.1 Å². The lowest BCUT2D eigenvalue weighted by Crippen LogP contribution is -2.35. The van der Waals surface area contributed by atoms with E-state index in [2.05, 4.69) is 20.2 Å². The molecule has 6 nitrogen and oxygen atoms in total. The van der Waals surface area contributed by atoms with Crippen LogP contribution in [0.15, 0.2) is 42.7 Å². The number of nitrogens with zero attached hydrogens (tertiary/aromatic N) is 5. The number of hydrogen-bond acceptors (Lipinski definition) is 5. The summed E-state index contributed by atoms with van der Waals surface area (Å²) in [5.41, 5.74) is 2.80. The highest BCUT2D eigenvalue weighted by Gasteiger charge is 2.18. The summed E-state index contributed by atoms with van der Waals surface area (Å²) < 4.78 is 1.80. The molecule has 1 aliphatic heterocycles. The molecule has 0 spiro atoms. The zero-order valence-corrected chi connectivity index (χ0v) is 12.8. The molecule has 0 unspecified atom stereocenters. The van der Waals surface area contributed by atoms with E-state index in [-0.39, 0.29) is 6.10 Å². The van der Waals surface area contributed by atoms with Crippen LogP contribution < -0.4 is 0 Å². The van der Waals surface area contributed by atoms with E-state index in [1.54, 1.807) is 10.9 Å². The highest BCUT2D eigenvalue weighted by atomic mass is 16.3. The van der Waals surface area contributed by atoms with Gasteiger partial charge in [0.1, 0.15) is 0 Å². The molecular formula is C17H19N5O. The summed E-state index contributed by atoms with van der Waals surface area (Å²) in [4.78, 5) is 6.77. The minimum atomic E-state index is -0.149. The van der Waals surface area contributed by atoms with Crippen LogP contribution in [0, 0.1) is 0 Å². The molecule has 118 valence electrons. The molecule has 3 heterocycles. The Hall–Kier alpha value is -2.31. The van der Waals surface area contributed by atoms with Gasteiger partial charge in [0.2, 0.25) is 0 Å². The highest BCUT2D eigenvalue weighted by molar-refractivity contribution is 5.85. The standard InChI is InChI=1S/C17H19N5O/c23-15-6-9-21(10-7-15)11-14-12-22(20-19-14)16-5-1-3-13-4-2-8-18-17(13)16/h1-5,8,12,15,23H,6-7,9-11H2. The van der Waals surface area contributed by atoms with Gasteiger partial charge in [0.15, 0.2) is 0 Å². The Morgan fingerprint density at radius 2 is 1.96 bits per heavy atom. The minimum Gasteiger partial charge on any atom is -0.393 e. The van der Waals surface area contributed by atoms with Gasteiger partial charge >= 0.3 is 0 Å². The van der Waals surface area contributed by atoms with Gasteiger partial charge in [-0.2, -0.15) is 0 Å². The third-order valence-electron chi connectivity index (χ3n) is 4.34. The first-order valence-electron chi connectivity index (χ1n) is 7.95. The van der Waals surface area contributed by atoms with Gasteiger partial charge < -0.3 is 5.11 Å². The molecule has 0 aliphatic carbocycles. The van der Waals surface area contributed by atoms with Crippen LogP contribution >= 0.6 is 0 Å². The Labute approximate surface area is 134 Å². The molecule has 3 aromatic rings. The van der Waals surface area contributed by atoms with Crippen molar-refractivity contribution < 1.29 is 5.11 Å². The number of para-hydroxylation sites is 1. The lowest BCUT2D eigenvalue weighted by Gasteiger charge is -2.28. The van der Waals surface area contributed by atoms with Gasteiger partial charge in [-0.25, -0.2) is 4.68 Å². The van der Waals surface area contributed by atoms with Crippen molar-refractivity contribution in [2.45, 2.75) is 25.5 Å². The number of hydrogen-bond donors (Lipinski definition) is 1. The van der Waals surface area contributed by atoms with Crippen LogP contribution in [-0.2, 0) is 6.54 Å². The lowest BCUT2D eigenvalue weighted by atomic mass is 10.1. The number of piperidine rings is 1. The number of aliphatic hydroxyl groups is 1. The van der Waals surface area contributed by atoms with Crippen molar-refractivity contribution >= 4 is 10.9 Å². The topological polar surface area (TPSA) is 67.1 Å². The number of aromatic nitrogens is 4. The van der Waals surface area contributed by atoms with Crippen molar-refractivity contribution in [3.63, 3.8) is 0 Å². The zero-order valence-electron chi connectivity index (χ0n) is 12.8. The van der Waals surface area contributed by atoms with Gasteiger partial charge in [0.25, 0.3) is 0 Å². The van der Waals surface area contributed by atoms with Gasteiger partial charge in [-0.05, 0) is 25.0 Å². The van der Waals surface area contributed by atoms with Crippen LogP contribution in [-0.4, -0.2) is 49.2 Å². The molecule has 0 bridgehead atoms. The van der Waals surface area contributed by atoms with Crippen molar-refractivity contribution in [3.05, 3.63) is 48.4 Å². The van der Waals surface area contributed by atoms with E-state index >= 15 is 0 Å².